The molecule has 1 amide bonds. The zero-order valence-electron chi connectivity index (χ0n) is 15.4. The Kier molecular flexibility index (Phi) is 4.75. The van der Waals surface area contributed by atoms with Gasteiger partial charge >= 0.3 is 11.6 Å². The van der Waals surface area contributed by atoms with Crippen LogP contribution < -0.4 is 15.7 Å². The van der Waals surface area contributed by atoms with E-state index in [-0.39, 0.29) is 18.7 Å². The number of anilines is 1. The summed E-state index contributed by atoms with van der Waals surface area (Å²) in [5.74, 6) is -1.89. The highest BCUT2D eigenvalue weighted by Gasteiger charge is 2.32. The Hall–Kier alpha value is -3.68. The number of methoxy groups -OCH3 is 1. The Bertz CT molecular complexity index is 1190. The molecule has 1 aliphatic rings. The number of hydrogen-bond acceptors (Lipinski definition) is 6. The predicted octanol–water partition coefficient (Wildman–Crippen LogP) is 3.11. The maximum absolute atomic E-state index is 13.4. The van der Waals surface area contributed by atoms with E-state index in [1.165, 1.54) is 25.3 Å². The van der Waals surface area contributed by atoms with Crippen molar-refractivity contribution in [3.63, 3.8) is 0 Å². The summed E-state index contributed by atoms with van der Waals surface area (Å²) in [5, 5.41) is 3.15. The fourth-order valence-corrected chi connectivity index (χ4v) is 3.35. The highest BCUT2D eigenvalue weighted by molar-refractivity contribution is 6.00. The van der Waals surface area contributed by atoms with Gasteiger partial charge in [0.15, 0.2) is 0 Å². The summed E-state index contributed by atoms with van der Waals surface area (Å²) in [6.45, 7) is -0.179. The van der Waals surface area contributed by atoms with E-state index in [1.807, 2.05) is 0 Å². The van der Waals surface area contributed by atoms with Crippen LogP contribution in [0.15, 0.2) is 51.7 Å². The van der Waals surface area contributed by atoms with E-state index in [1.54, 1.807) is 18.2 Å². The van der Waals surface area contributed by atoms with Crippen LogP contribution in [0.3, 0.4) is 0 Å². The van der Waals surface area contributed by atoms with Crippen molar-refractivity contribution in [1.82, 2.24) is 0 Å². The number of carbonyl (C=O) groups is 2. The topological polar surface area (TPSA) is 94.8 Å². The summed E-state index contributed by atoms with van der Waals surface area (Å²) in [4.78, 5) is 36.4. The van der Waals surface area contributed by atoms with Crippen molar-refractivity contribution in [3.05, 3.63) is 69.8 Å². The Morgan fingerprint density at radius 2 is 2.03 bits per heavy atom. The maximum atomic E-state index is 13.4. The molecule has 0 spiro atoms. The lowest BCUT2D eigenvalue weighted by molar-refractivity contribution is -0.148. The second-order valence-corrected chi connectivity index (χ2v) is 6.60. The largest absolute Gasteiger partial charge is 0.497 e. The third-order valence-electron chi connectivity index (χ3n) is 4.75. The molecule has 0 aliphatic carbocycles. The number of esters is 1. The first-order chi connectivity index (χ1) is 13.9. The fraction of sp³-hybridized carbons (Fsp3) is 0.190. The molecule has 1 unspecified atom stereocenters. The van der Waals surface area contributed by atoms with Gasteiger partial charge in [0, 0.05) is 35.2 Å². The fourth-order valence-electron chi connectivity index (χ4n) is 3.35. The molecule has 4 rings (SSSR count). The monoisotopic (exact) mass is 397 g/mol. The van der Waals surface area contributed by atoms with Gasteiger partial charge in [-0.1, -0.05) is 6.07 Å². The third-order valence-corrected chi connectivity index (χ3v) is 4.75. The van der Waals surface area contributed by atoms with E-state index in [0.29, 0.717) is 27.8 Å². The van der Waals surface area contributed by atoms with Crippen molar-refractivity contribution in [2.24, 2.45) is 0 Å². The van der Waals surface area contributed by atoms with Crippen LogP contribution in [0.25, 0.3) is 11.0 Å². The molecule has 2 heterocycles. The van der Waals surface area contributed by atoms with Gasteiger partial charge in [0.2, 0.25) is 5.91 Å². The second kappa shape index (κ2) is 7.38. The summed E-state index contributed by atoms with van der Waals surface area (Å²) in [5.41, 5.74) is 0.918. The number of hydrogen-bond donors (Lipinski definition) is 1. The molecule has 148 valence electrons. The van der Waals surface area contributed by atoms with Gasteiger partial charge in [-0.05, 0) is 29.8 Å². The lowest BCUT2D eigenvalue weighted by Gasteiger charge is -2.24. The molecule has 0 bridgehead atoms. The predicted molar refractivity (Wildman–Crippen MR) is 101 cm³/mol. The summed E-state index contributed by atoms with van der Waals surface area (Å²) in [6, 6.07) is 10.1. The van der Waals surface area contributed by atoms with Gasteiger partial charge < -0.3 is 19.2 Å². The molecule has 29 heavy (non-hydrogen) atoms. The Labute approximate surface area is 164 Å². The molecule has 1 N–H and O–H groups in total. The van der Waals surface area contributed by atoms with Crippen LogP contribution in [0.2, 0.25) is 0 Å². The first kappa shape index (κ1) is 18.7. The van der Waals surface area contributed by atoms with Crippen LogP contribution in [0.5, 0.6) is 5.75 Å². The van der Waals surface area contributed by atoms with Gasteiger partial charge in [0.25, 0.3) is 0 Å². The van der Waals surface area contributed by atoms with Gasteiger partial charge in [-0.15, -0.1) is 0 Å². The first-order valence-electron chi connectivity index (χ1n) is 8.81. The number of nitrogens with one attached hydrogen (secondary N) is 1. The van der Waals surface area contributed by atoms with Crippen LogP contribution in [-0.4, -0.2) is 19.0 Å². The zero-order valence-corrected chi connectivity index (χ0v) is 15.4. The molecule has 7 nitrogen and oxygen atoms in total. The van der Waals surface area contributed by atoms with Gasteiger partial charge in [-0.3, -0.25) is 9.59 Å². The molecule has 8 heteroatoms. The molecular weight excluding hydrogens is 381 g/mol. The highest BCUT2D eigenvalue weighted by Crippen LogP contribution is 2.34. The quantitative estimate of drug-likeness (QED) is 0.537. The lowest BCUT2D eigenvalue weighted by atomic mass is 9.90. The molecule has 3 aromatic rings. The minimum absolute atomic E-state index is 0.105. The molecule has 2 aromatic carbocycles. The molecule has 0 saturated carbocycles. The van der Waals surface area contributed by atoms with Crippen LogP contribution >= 0.6 is 0 Å². The summed E-state index contributed by atoms with van der Waals surface area (Å²) < 4.78 is 29.1. The molecule has 0 saturated heterocycles. The van der Waals surface area contributed by atoms with E-state index < -0.39 is 29.2 Å². The molecule has 1 aromatic heterocycles. The van der Waals surface area contributed by atoms with Crippen molar-refractivity contribution >= 4 is 28.5 Å². The second-order valence-electron chi connectivity index (χ2n) is 6.60. The van der Waals surface area contributed by atoms with Crippen molar-refractivity contribution in [3.8, 4) is 5.75 Å². The Balaban J connectivity index is 1.59. The molecule has 1 atom stereocenters. The Morgan fingerprint density at radius 3 is 2.83 bits per heavy atom. The van der Waals surface area contributed by atoms with Crippen LogP contribution in [-0.2, 0) is 20.9 Å². The van der Waals surface area contributed by atoms with E-state index in [0.717, 1.165) is 6.07 Å². The molecule has 0 fully saturated rings. The number of amides is 1. The van der Waals surface area contributed by atoms with Crippen LogP contribution in [0, 0.1) is 5.82 Å². The van der Waals surface area contributed by atoms with Crippen molar-refractivity contribution in [1.29, 1.82) is 0 Å². The van der Waals surface area contributed by atoms with E-state index in [4.69, 9.17) is 13.9 Å². The number of fused-ring (bicyclic) bond motifs is 2. The van der Waals surface area contributed by atoms with E-state index in [9.17, 15) is 18.8 Å². The van der Waals surface area contributed by atoms with Crippen LogP contribution in [0.4, 0.5) is 10.1 Å². The number of rotatable bonds is 4. The smallest absolute Gasteiger partial charge is 0.336 e. The zero-order chi connectivity index (χ0) is 20.5. The molecule has 0 radical (unpaired) electrons. The SMILES string of the molecule is COc1ccc2c(COC(=O)C3CC(=O)Nc4cc(F)ccc43)cc(=O)oc2c1. The van der Waals surface area contributed by atoms with Crippen molar-refractivity contribution < 1.29 is 27.9 Å². The maximum Gasteiger partial charge on any atom is 0.336 e. The number of carbonyl (C=O) groups excluding carboxylic acids is 2. The summed E-state index contributed by atoms with van der Waals surface area (Å²) in [7, 11) is 1.49. The van der Waals surface area contributed by atoms with Gasteiger partial charge in [0.1, 0.15) is 23.8 Å². The number of benzene rings is 2. The van der Waals surface area contributed by atoms with Gasteiger partial charge in [-0.2, -0.15) is 0 Å². The number of halogens is 1. The first-order valence-corrected chi connectivity index (χ1v) is 8.81. The normalized spacial score (nSPS) is 15.5. The average molecular weight is 397 g/mol. The minimum Gasteiger partial charge on any atom is -0.497 e. The van der Waals surface area contributed by atoms with E-state index >= 15 is 0 Å². The Morgan fingerprint density at radius 1 is 1.21 bits per heavy atom. The minimum atomic E-state index is -0.856. The van der Waals surface area contributed by atoms with Crippen molar-refractivity contribution in [2.75, 3.05) is 12.4 Å². The van der Waals surface area contributed by atoms with Crippen LogP contribution in [0.1, 0.15) is 23.5 Å². The van der Waals surface area contributed by atoms with Gasteiger partial charge in [0.05, 0.1) is 13.0 Å². The average Bonchev–Trinajstić information content (AvgIpc) is 2.70. The molecule has 1 aliphatic heterocycles. The number of ether oxygens (including phenoxy) is 2. The lowest BCUT2D eigenvalue weighted by Crippen LogP contribution is -2.28. The van der Waals surface area contributed by atoms with Gasteiger partial charge in [-0.25, -0.2) is 9.18 Å². The highest BCUT2D eigenvalue weighted by atomic mass is 19.1. The summed E-state index contributed by atoms with van der Waals surface area (Å²) >= 11 is 0. The van der Waals surface area contributed by atoms with Crippen molar-refractivity contribution in [2.45, 2.75) is 18.9 Å². The summed E-state index contributed by atoms with van der Waals surface area (Å²) in [6.07, 6.45) is -0.105. The third kappa shape index (κ3) is 3.69. The van der Waals surface area contributed by atoms with E-state index in [2.05, 4.69) is 5.32 Å². The molecular formula is C21H16FNO6. The standard InChI is InChI=1S/C21H16FNO6/c1-27-13-3-5-14-11(6-20(25)29-18(14)8-13)10-28-21(26)16-9-19(24)23-17-7-12(22)2-4-15(16)17/h2-8,16H,9-10H2,1H3,(H,23,24).